The van der Waals surface area contributed by atoms with Gasteiger partial charge in [-0.2, -0.15) is 0 Å². The molecule has 0 N–H and O–H groups in total. The number of rotatable bonds is 4. The second-order valence-corrected chi connectivity index (χ2v) is 18.6. The largest absolute Gasteiger partial charge is 0.457 e. The van der Waals surface area contributed by atoms with E-state index in [-0.39, 0.29) is 0 Å². The van der Waals surface area contributed by atoms with Gasteiger partial charge in [0.05, 0.1) is 27.9 Å². The number of anilines is 3. The van der Waals surface area contributed by atoms with Crippen molar-refractivity contribution in [3.8, 4) is 56.4 Å². The molecule has 0 saturated carbocycles. The maximum atomic E-state index is 6.83. The quantitative estimate of drug-likeness (QED) is 0.176. The summed E-state index contributed by atoms with van der Waals surface area (Å²) in [6.45, 7) is 0. The molecule has 2 heterocycles. The van der Waals surface area contributed by atoms with Crippen molar-refractivity contribution in [1.82, 2.24) is 0 Å². The number of hydrogen-bond donors (Lipinski definition) is 0. The number of hydrogen-bond acceptors (Lipinski definition) is 3. The Balaban J connectivity index is 1.13. The third-order valence-corrected chi connectivity index (χ3v) is 15.4. The van der Waals surface area contributed by atoms with E-state index in [4.69, 9.17) is 9.47 Å². The van der Waals surface area contributed by atoms with Gasteiger partial charge in [-0.05, 0) is 86.8 Å². The van der Waals surface area contributed by atoms with Gasteiger partial charge in [-0.3, -0.25) is 0 Å². The molecule has 4 aliphatic rings. The Hall–Kier alpha value is -8.92. The monoisotopic (exact) mass is 879 g/mol. The first-order valence-electron chi connectivity index (χ1n) is 23.8. The lowest BCUT2D eigenvalue weighted by atomic mass is 9.66. The van der Waals surface area contributed by atoms with Crippen LogP contribution in [-0.4, -0.2) is 0 Å². The molecular weight excluding hydrogens is 839 g/mol. The van der Waals surface area contributed by atoms with Crippen LogP contribution in [0, 0.1) is 0 Å². The summed E-state index contributed by atoms with van der Waals surface area (Å²) in [5, 5.41) is 2.33. The molecule has 0 amide bonds. The van der Waals surface area contributed by atoms with Gasteiger partial charge >= 0.3 is 0 Å². The average Bonchev–Trinajstić information content (AvgIpc) is 3.87. The molecule has 2 aliphatic heterocycles. The van der Waals surface area contributed by atoms with Crippen LogP contribution in [0.4, 0.5) is 17.1 Å². The number of fused-ring (bicyclic) bond motifs is 19. The molecule has 0 radical (unpaired) electrons. The first-order chi connectivity index (χ1) is 34.3. The molecule has 0 bridgehead atoms. The fourth-order valence-electron chi connectivity index (χ4n) is 12.8. The Morgan fingerprint density at radius 3 is 1.30 bits per heavy atom. The predicted molar refractivity (Wildman–Crippen MR) is 279 cm³/mol. The lowest BCUT2D eigenvalue weighted by Gasteiger charge is -2.40. The first-order valence-corrected chi connectivity index (χ1v) is 23.8. The smallest absolute Gasteiger partial charge is 0.132 e. The van der Waals surface area contributed by atoms with Crippen molar-refractivity contribution >= 4 is 27.8 Å². The van der Waals surface area contributed by atoms with E-state index < -0.39 is 10.8 Å². The van der Waals surface area contributed by atoms with Gasteiger partial charge in [0.2, 0.25) is 0 Å². The van der Waals surface area contributed by atoms with Crippen molar-refractivity contribution in [3.63, 3.8) is 0 Å². The van der Waals surface area contributed by atoms with Crippen LogP contribution >= 0.6 is 0 Å². The van der Waals surface area contributed by atoms with Crippen LogP contribution in [0.3, 0.4) is 0 Å². The van der Waals surface area contributed by atoms with E-state index in [1.165, 1.54) is 55.3 Å². The summed E-state index contributed by atoms with van der Waals surface area (Å²) >= 11 is 0. The zero-order valence-corrected chi connectivity index (χ0v) is 37.4. The third-order valence-electron chi connectivity index (χ3n) is 15.4. The standard InChI is InChI=1S/C66H41NO2/c1-2-21-42(22-3-1)44-24-8-15-35-56(44)67(57-36-20-34-54-62(57)46-26-6-9-28-48(46)65(54)50-30-11-16-37-58(50)68-59-38-17-12-31-51(59)65)64-45-25-5-4-23-43(45)41-55-63(64)47-27-7-10-29-49(47)66(55)52-32-13-18-39-60(52)69-61-40-19-14-33-53(61)66/h1-41H. The molecule has 69 heavy (non-hydrogen) atoms. The molecule has 2 aliphatic carbocycles. The van der Waals surface area contributed by atoms with E-state index in [1.54, 1.807) is 0 Å². The second kappa shape index (κ2) is 14.3. The summed E-state index contributed by atoms with van der Waals surface area (Å²) in [6, 6.07) is 91.1. The molecule has 0 aromatic heterocycles. The normalized spacial score (nSPS) is 14.3. The molecule has 0 unspecified atom stereocenters. The molecule has 0 fully saturated rings. The highest BCUT2D eigenvalue weighted by Gasteiger charge is 2.54. The van der Waals surface area contributed by atoms with Gasteiger partial charge < -0.3 is 14.4 Å². The van der Waals surface area contributed by atoms with Crippen molar-refractivity contribution in [3.05, 3.63) is 293 Å². The van der Waals surface area contributed by atoms with Gasteiger partial charge in [0.15, 0.2) is 0 Å². The van der Waals surface area contributed by atoms with Gasteiger partial charge in [0.1, 0.15) is 23.0 Å². The van der Waals surface area contributed by atoms with Gasteiger partial charge in [-0.1, -0.05) is 206 Å². The van der Waals surface area contributed by atoms with Crippen molar-refractivity contribution in [2.45, 2.75) is 10.8 Å². The Kier molecular flexibility index (Phi) is 7.92. The summed E-state index contributed by atoms with van der Waals surface area (Å²) in [7, 11) is 0. The van der Waals surface area contributed by atoms with E-state index in [2.05, 4.69) is 254 Å². The Morgan fingerprint density at radius 1 is 0.290 bits per heavy atom. The second-order valence-electron chi connectivity index (χ2n) is 18.6. The topological polar surface area (TPSA) is 21.7 Å². The van der Waals surface area contributed by atoms with E-state index in [0.717, 1.165) is 73.4 Å². The van der Waals surface area contributed by atoms with Gasteiger partial charge in [-0.25, -0.2) is 0 Å². The van der Waals surface area contributed by atoms with Crippen LogP contribution in [0.1, 0.15) is 44.5 Å². The lowest BCUT2D eigenvalue weighted by Crippen LogP contribution is -2.32. The lowest BCUT2D eigenvalue weighted by molar-refractivity contribution is 0.436. The zero-order chi connectivity index (χ0) is 45.3. The number of para-hydroxylation sites is 5. The minimum absolute atomic E-state index is 0.648. The maximum Gasteiger partial charge on any atom is 0.132 e. The molecular formula is C66H41NO2. The van der Waals surface area contributed by atoms with Gasteiger partial charge in [0.25, 0.3) is 0 Å². The van der Waals surface area contributed by atoms with E-state index in [0.29, 0.717) is 0 Å². The molecule has 2 spiro atoms. The molecule has 3 heteroatoms. The van der Waals surface area contributed by atoms with Crippen LogP contribution in [0.15, 0.2) is 249 Å². The number of nitrogens with zero attached hydrogens (tertiary/aromatic N) is 1. The zero-order valence-electron chi connectivity index (χ0n) is 37.4. The highest BCUT2D eigenvalue weighted by atomic mass is 16.5. The molecule has 0 atom stereocenters. The Bertz CT molecular complexity index is 3850. The van der Waals surface area contributed by atoms with Crippen LogP contribution in [0.25, 0.3) is 44.2 Å². The van der Waals surface area contributed by atoms with Crippen LogP contribution in [-0.2, 0) is 10.8 Å². The number of ether oxygens (including phenoxy) is 2. The van der Waals surface area contributed by atoms with Gasteiger partial charge in [-0.15, -0.1) is 0 Å². The molecule has 11 aromatic carbocycles. The molecule has 15 rings (SSSR count). The SMILES string of the molecule is c1ccc(-c2ccccc2N(c2cccc3c2-c2ccccc2C32c3ccccc3Oc3ccccc32)c2c3c(cc4ccccc24)C2(c4ccccc4Oc4ccccc42)c2ccccc2-3)cc1. The van der Waals surface area contributed by atoms with Crippen LogP contribution < -0.4 is 14.4 Å². The molecule has 0 saturated heterocycles. The van der Waals surface area contributed by atoms with Crippen LogP contribution in [0.2, 0.25) is 0 Å². The fraction of sp³-hybridized carbons (Fsp3) is 0.0303. The minimum atomic E-state index is -0.675. The summed E-state index contributed by atoms with van der Waals surface area (Å²) in [5.41, 5.74) is 18.6. The molecule has 322 valence electrons. The highest BCUT2D eigenvalue weighted by Crippen LogP contribution is 2.68. The fourth-order valence-corrected chi connectivity index (χ4v) is 12.8. The van der Waals surface area contributed by atoms with Gasteiger partial charge in [0, 0.05) is 44.3 Å². The van der Waals surface area contributed by atoms with Crippen molar-refractivity contribution in [2.24, 2.45) is 0 Å². The van der Waals surface area contributed by atoms with Crippen molar-refractivity contribution < 1.29 is 9.47 Å². The van der Waals surface area contributed by atoms with E-state index in [9.17, 15) is 0 Å². The van der Waals surface area contributed by atoms with Crippen molar-refractivity contribution in [1.29, 1.82) is 0 Å². The van der Waals surface area contributed by atoms with Crippen molar-refractivity contribution in [2.75, 3.05) is 4.90 Å². The Morgan fingerprint density at radius 2 is 0.710 bits per heavy atom. The average molecular weight is 880 g/mol. The van der Waals surface area contributed by atoms with E-state index >= 15 is 0 Å². The van der Waals surface area contributed by atoms with Crippen LogP contribution in [0.5, 0.6) is 23.0 Å². The summed E-state index contributed by atoms with van der Waals surface area (Å²) in [4.78, 5) is 2.63. The summed E-state index contributed by atoms with van der Waals surface area (Å²) < 4.78 is 13.6. The number of benzene rings is 11. The molecule has 11 aromatic rings. The summed E-state index contributed by atoms with van der Waals surface area (Å²) in [5.74, 6) is 3.50. The minimum Gasteiger partial charge on any atom is -0.457 e. The Labute approximate surface area is 400 Å². The first kappa shape index (κ1) is 38.2. The maximum absolute atomic E-state index is 6.83. The third kappa shape index (κ3) is 4.96. The molecule has 3 nitrogen and oxygen atoms in total. The predicted octanol–water partition coefficient (Wildman–Crippen LogP) is 16.9. The highest BCUT2D eigenvalue weighted by molar-refractivity contribution is 6.13. The van der Waals surface area contributed by atoms with E-state index in [1.807, 2.05) is 0 Å². The summed E-state index contributed by atoms with van der Waals surface area (Å²) in [6.07, 6.45) is 0.